The fraction of sp³-hybridized carbons (Fsp3) is 0.167. The van der Waals surface area contributed by atoms with Crippen LogP contribution in [0.2, 0.25) is 0 Å². The SMILES string of the molecule is CC(Nc1ccc(C)cc1C)=C1Sc2ccccc2C1=O. The van der Waals surface area contributed by atoms with E-state index >= 15 is 0 Å². The van der Waals surface area contributed by atoms with Crippen molar-refractivity contribution in [3.63, 3.8) is 0 Å². The number of fused-ring (bicyclic) bond motifs is 1. The first-order valence-electron chi connectivity index (χ1n) is 6.93. The van der Waals surface area contributed by atoms with Gasteiger partial charge in [-0.3, -0.25) is 4.79 Å². The van der Waals surface area contributed by atoms with E-state index in [-0.39, 0.29) is 5.78 Å². The monoisotopic (exact) mass is 295 g/mol. The van der Waals surface area contributed by atoms with Crippen LogP contribution < -0.4 is 5.32 Å². The van der Waals surface area contributed by atoms with Crippen molar-refractivity contribution in [3.8, 4) is 0 Å². The summed E-state index contributed by atoms with van der Waals surface area (Å²) in [5, 5.41) is 3.38. The molecular weight excluding hydrogens is 278 g/mol. The molecule has 0 unspecified atom stereocenters. The molecule has 0 amide bonds. The third-order valence-corrected chi connectivity index (χ3v) is 4.87. The fourth-order valence-electron chi connectivity index (χ4n) is 2.48. The standard InChI is InChI=1S/C18H17NOS/c1-11-8-9-15(12(2)10-11)19-13(3)18-17(20)14-6-4-5-7-16(14)21-18/h4-10,19H,1-3H3. The third-order valence-electron chi connectivity index (χ3n) is 3.59. The largest absolute Gasteiger partial charge is 0.358 e. The van der Waals surface area contributed by atoms with Gasteiger partial charge < -0.3 is 5.32 Å². The second-order valence-corrected chi connectivity index (χ2v) is 6.38. The molecular formula is C18H17NOS. The summed E-state index contributed by atoms with van der Waals surface area (Å²) < 4.78 is 0. The van der Waals surface area contributed by atoms with Crippen LogP contribution >= 0.6 is 11.8 Å². The molecule has 106 valence electrons. The van der Waals surface area contributed by atoms with Crippen molar-refractivity contribution in [2.75, 3.05) is 5.32 Å². The number of carbonyl (C=O) groups is 1. The van der Waals surface area contributed by atoms with Gasteiger partial charge in [0, 0.05) is 21.8 Å². The molecule has 3 rings (SSSR count). The van der Waals surface area contributed by atoms with Gasteiger partial charge in [-0.1, -0.05) is 41.6 Å². The number of carbonyl (C=O) groups excluding carboxylic acids is 1. The molecule has 1 aliphatic rings. The topological polar surface area (TPSA) is 29.1 Å². The lowest BCUT2D eigenvalue weighted by atomic mass is 10.1. The average Bonchev–Trinajstić information content (AvgIpc) is 2.80. The van der Waals surface area contributed by atoms with E-state index in [1.54, 1.807) is 11.8 Å². The average molecular weight is 295 g/mol. The van der Waals surface area contributed by atoms with E-state index in [4.69, 9.17) is 0 Å². The molecule has 0 saturated heterocycles. The van der Waals surface area contributed by atoms with Gasteiger partial charge in [0.25, 0.3) is 0 Å². The fourth-order valence-corrected chi connectivity index (χ4v) is 3.53. The van der Waals surface area contributed by atoms with E-state index in [2.05, 4.69) is 37.4 Å². The molecule has 2 nitrogen and oxygen atoms in total. The summed E-state index contributed by atoms with van der Waals surface area (Å²) in [6.07, 6.45) is 0. The number of hydrogen-bond donors (Lipinski definition) is 1. The van der Waals surface area contributed by atoms with Crippen LogP contribution in [0.4, 0.5) is 5.69 Å². The van der Waals surface area contributed by atoms with Gasteiger partial charge in [0.05, 0.1) is 4.91 Å². The van der Waals surface area contributed by atoms with E-state index in [1.165, 1.54) is 11.1 Å². The van der Waals surface area contributed by atoms with Crippen LogP contribution in [0.1, 0.15) is 28.4 Å². The Morgan fingerprint density at radius 2 is 1.86 bits per heavy atom. The van der Waals surface area contributed by atoms with Gasteiger partial charge in [0.15, 0.2) is 0 Å². The van der Waals surface area contributed by atoms with Crippen LogP contribution in [-0.4, -0.2) is 5.78 Å². The summed E-state index contributed by atoms with van der Waals surface area (Å²) in [5.41, 5.74) is 5.19. The van der Waals surface area contributed by atoms with Crippen molar-refractivity contribution < 1.29 is 4.79 Å². The predicted octanol–water partition coefficient (Wildman–Crippen LogP) is 4.94. The first-order chi connectivity index (χ1) is 10.1. The summed E-state index contributed by atoms with van der Waals surface area (Å²) >= 11 is 1.55. The Balaban J connectivity index is 1.92. The maximum absolute atomic E-state index is 12.4. The van der Waals surface area contributed by atoms with Gasteiger partial charge in [-0.25, -0.2) is 0 Å². The molecule has 3 heteroatoms. The van der Waals surface area contributed by atoms with E-state index in [0.717, 1.165) is 26.7 Å². The Kier molecular flexibility index (Phi) is 3.60. The molecule has 21 heavy (non-hydrogen) atoms. The number of benzene rings is 2. The molecule has 0 aromatic heterocycles. The zero-order chi connectivity index (χ0) is 15.0. The second kappa shape index (κ2) is 5.41. The summed E-state index contributed by atoms with van der Waals surface area (Å²) in [5.74, 6) is 0.116. The van der Waals surface area contributed by atoms with E-state index < -0.39 is 0 Å². The van der Waals surface area contributed by atoms with E-state index in [0.29, 0.717) is 0 Å². The van der Waals surface area contributed by atoms with Crippen LogP contribution in [0.25, 0.3) is 0 Å². The van der Waals surface area contributed by atoms with E-state index in [1.807, 2.05) is 31.2 Å². The smallest absolute Gasteiger partial charge is 0.202 e. The number of hydrogen-bond acceptors (Lipinski definition) is 3. The Labute approximate surface area is 129 Å². The van der Waals surface area contributed by atoms with Crippen molar-refractivity contribution in [2.24, 2.45) is 0 Å². The Morgan fingerprint density at radius 3 is 2.57 bits per heavy atom. The quantitative estimate of drug-likeness (QED) is 0.796. The van der Waals surface area contributed by atoms with Gasteiger partial charge in [0.2, 0.25) is 5.78 Å². The molecule has 2 aromatic carbocycles. The molecule has 0 aliphatic carbocycles. The number of anilines is 1. The van der Waals surface area contributed by atoms with Gasteiger partial charge in [-0.05, 0) is 44.5 Å². The Morgan fingerprint density at radius 1 is 1.10 bits per heavy atom. The molecule has 0 saturated carbocycles. The predicted molar refractivity (Wildman–Crippen MR) is 88.9 cm³/mol. The van der Waals surface area contributed by atoms with Gasteiger partial charge in [-0.15, -0.1) is 0 Å². The molecule has 0 spiro atoms. The Hall–Kier alpha value is -2.00. The maximum atomic E-state index is 12.4. The van der Waals surface area contributed by atoms with Crippen LogP contribution in [0.15, 0.2) is 58.0 Å². The minimum atomic E-state index is 0.116. The van der Waals surface area contributed by atoms with Crippen LogP contribution in [0.5, 0.6) is 0 Å². The van der Waals surface area contributed by atoms with E-state index in [9.17, 15) is 4.79 Å². The highest BCUT2D eigenvalue weighted by molar-refractivity contribution is 8.04. The minimum absolute atomic E-state index is 0.116. The van der Waals surface area contributed by atoms with Crippen molar-refractivity contribution in [2.45, 2.75) is 25.7 Å². The number of ketones is 1. The van der Waals surface area contributed by atoms with Crippen molar-refractivity contribution >= 4 is 23.2 Å². The normalized spacial score (nSPS) is 15.9. The summed E-state index contributed by atoms with van der Waals surface area (Å²) in [6, 6.07) is 14.0. The van der Waals surface area contributed by atoms with Crippen LogP contribution in [0, 0.1) is 13.8 Å². The molecule has 2 aromatic rings. The maximum Gasteiger partial charge on any atom is 0.202 e. The second-order valence-electron chi connectivity index (χ2n) is 5.32. The number of thioether (sulfide) groups is 1. The molecule has 1 aliphatic heterocycles. The van der Waals surface area contributed by atoms with Crippen LogP contribution in [-0.2, 0) is 0 Å². The minimum Gasteiger partial charge on any atom is -0.358 e. The zero-order valence-corrected chi connectivity index (χ0v) is 13.2. The number of allylic oxidation sites excluding steroid dienone is 2. The lowest BCUT2D eigenvalue weighted by Crippen LogP contribution is -2.04. The van der Waals surface area contributed by atoms with Gasteiger partial charge in [-0.2, -0.15) is 0 Å². The highest BCUT2D eigenvalue weighted by Gasteiger charge is 2.27. The number of rotatable bonds is 2. The lowest BCUT2D eigenvalue weighted by Gasteiger charge is -2.12. The molecule has 0 atom stereocenters. The number of nitrogens with one attached hydrogen (secondary N) is 1. The molecule has 0 bridgehead atoms. The summed E-state index contributed by atoms with van der Waals surface area (Å²) in [6.45, 7) is 6.12. The van der Waals surface area contributed by atoms with Crippen molar-refractivity contribution in [3.05, 3.63) is 69.8 Å². The molecule has 0 radical (unpaired) electrons. The summed E-state index contributed by atoms with van der Waals surface area (Å²) in [4.78, 5) is 14.3. The first-order valence-corrected chi connectivity index (χ1v) is 7.74. The van der Waals surface area contributed by atoms with Gasteiger partial charge >= 0.3 is 0 Å². The molecule has 1 N–H and O–H groups in total. The zero-order valence-electron chi connectivity index (χ0n) is 12.4. The van der Waals surface area contributed by atoms with Gasteiger partial charge in [0.1, 0.15) is 0 Å². The van der Waals surface area contributed by atoms with Crippen molar-refractivity contribution in [1.29, 1.82) is 0 Å². The highest BCUT2D eigenvalue weighted by atomic mass is 32.2. The first kappa shape index (κ1) is 14.0. The summed E-state index contributed by atoms with van der Waals surface area (Å²) in [7, 11) is 0. The van der Waals surface area contributed by atoms with Crippen molar-refractivity contribution in [1.82, 2.24) is 0 Å². The molecule has 0 fully saturated rings. The molecule has 1 heterocycles. The lowest BCUT2D eigenvalue weighted by molar-refractivity contribution is 0.104. The number of aryl methyl sites for hydroxylation is 2. The number of Topliss-reactive ketones (excluding diaryl/α,β-unsaturated/α-hetero) is 1. The Bertz CT molecular complexity index is 762. The highest BCUT2D eigenvalue weighted by Crippen LogP contribution is 2.41. The van der Waals surface area contributed by atoms with Crippen LogP contribution in [0.3, 0.4) is 0 Å². The third kappa shape index (κ3) is 2.61.